The Labute approximate surface area is 72.9 Å². The molecule has 0 aromatic rings. The lowest BCUT2D eigenvalue weighted by molar-refractivity contribution is -0.141. The van der Waals surface area contributed by atoms with Crippen LogP contribution in [0.15, 0.2) is 23.8 Å². The van der Waals surface area contributed by atoms with Crippen LogP contribution in [0.25, 0.3) is 0 Å². The molecular formula is C10H14O2. The minimum absolute atomic E-state index is 0.0915. The van der Waals surface area contributed by atoms with Gasteiger partial charge in [0, 0.05) is 6.08 Å². The van der Waals surface area contributed by atoms with Gasteiger partial charge in [-0.2, -0.15) is 0 Å². The van der Waals surface area contributed by atoms with Gasteiger partial charge in [0.05, 0.1) is 0 Å². The van der Waals surface area contributed by atoms with Gasteiger partial charge in [-0.25, -0.2) is 4.79 Å². The van der Waals surface area contributed by atoms with Gasteiger partial charge in [-0.05, 0) is 32.3 Å². The monoisotopic (exact) mass is 166 g/mol. The first-order chi connectivity index (χ1) is 5.59. The third-order valence-corrected chi connectivity index (χ3v) is 1.97. The standard InChI is InChI=1S/C10H14O2/c1-7(2)9-5-4-8(3)6-10(11)12-9/h6,9H,1,4-5H2,2-3H3/t9-/m0/s1. The summed E-state index contributed by atoms with van der Waals surface area (Å²) < 4.78 is 5.13. The van der Waals surface area contributed by atoms with Crippen LogP contribution >= 0.6 is 0 Å². The molecule has 0 spiro atoms. The van der Waals surface area contributed by atoms with Crippen LogP contribution in [0, 0.1) is 0 Å². The van der Waals surface area contributed by atoms with Gasteiger partial charge in [0.1, 0.15) is 6.10 Å². The number of hydrogen-bond acceptors (Lipinski definition) is 2. The molecule has 0 radical (unpaired) electrons. The Balaban J connectivity index is 2.68. The molecular weight excluding hydrogens is 152 g/mol. The van der Waals surface area contributed by atoms with Crippen molar-refractivity contribution in [1.29, 1.82) is 0 Å². The van der Waals surface area contributed by atoms with Gasteiger partial charge in [-0.15, -0.1) is 0 Å². The Morgan fingerprint density at radius 1 is 1.75 bits per heavy atom. The van der Waals surface area contributed by atoms with Crippen LogP contribution in [0.1, 0.15) is 26.7 Å². The van der Waals surface area contributed by atoms with Crippen molar-refractivity contribution < 1.29 is 9.53 Å². The van der Waals surface area contributed by atoms with E-state index in [-0.39, 0.29) is 12.1 Å². The zero-order valence-electron chi connectivity index (χ0n) is 7.59. The van der Waals surface area contributed by atoms with Crippen LogP contribution in [0.3, 0.4) is 0 Å². The van der Waals surface area contributed by atoms with Crippen LogP contribution < -0.4 is 0 Å². The van der Waals surface area contributed by atoms with E-state index in [0.29, 0.717) is 0 Å². The van der Waals surface area contributed by atoms with Crippen molar-refractivity contribution in [2.75, 3.05) is 0 Å². The molecule has 66 valence electrons. The summed E-state index contributed by atoms with van der Waals surface area (Å²) in [5.41, 5.74) is 2.01. The van der Waals surface area contributed by atoms with Gasteiger partial charge in [-0.1, -0.05) is 12.2 Å². The number of allylic oxidation sites excluding steroid dienone is 1. The average Bonchev–Trinajstić information content (AvgIpc) is 2.11. The molecule has 0 saturated carbocycles. The van der Waals surface area contributed by atoms with Gasteiger partial charge in [-0.3, -0.25) is 0 Å². The highest BCUT2D eigenvalue weighted by Crippen LogP contribution is 2.18. The van der Waals surface area contributed by atoms with Crippen molar-refractivity contribution >= 4 is 5.97 Å². The van der Waals surface area contributed by atoms with E-state index in [2.05, 4.69) is 6.58 Å². The molecule has 2 heteroatoms. The van der Waals surface area contributed by atoms with E-state index in [0.717, 1.165) is 24.0 Å². The quantitative estimate of drug-likeness (QED) is 0.441. The van der Waals surface area contributed by atoms with E-state index in [1.807, 2.05) is 13.8 Å². The number of ether oxygens (including phenoxy) is 1. The normalized spacial score (nSPS) is 24.0. The molecule has 1 rings (SSSR count). The highest BCUT2D eigenvalue weighted by atomic mass is 16.5. The zero-order valence-corrected chi connectivity index (χ0v) is 7.59. The van der Waals surface area contributed by atoms with Crippen molar-refractivity contribution in [3.05, 3.63) is 23.8 Å². The molecule has 1 aliphatic rings. The number of hydrogen-bond donors (Lipinski definition) is 0. The molecule has 0 aromatic carbocycles. The Morgan fingerprint density at radius 2 is 2.42 bits per heavy atom. The fourth-order valence-corrected chi connectivity index (χ4v) is 1.21. The summed E-state index contributed by atoms with van der Waals surface area (Å²) in [5, 5.41) is 0. The lowest BCUT2D eigenvalue weighted by Crippen LogP contribution is -2.15. The second kappa shape index (κ2) is 3.57. The fraction of sp³-hybridized carbons (Fsp3) is 0.500. The van der Waals surface area contributed by atoms with Crippen molar-refractivity contribution in [2.45, 2.75) is 32.8 Å². The largest absolute Gasteiger partial charge is 0.455 e. The zero-order chi connectivity index (χ0) is 9.14. The number of rotatable bonds is 1. The molecule has 0 bridgehead atoms. The smallest absolute Gasteiger partial charge is 0.331 e. The van der Waals surface area contributed by atoms with Gasteiger partial charge in [0.15, 0.2) is 0 Å². The van der Waals surface area contributed by atoms with E-state index in [9.17, 15) is 4.79 Å². The minimum Gasteiger partial charge on any atom is -0.455 e. The molecule has 0 aromatic heterocycles. The number of cyclic esters (lactones) is 1. The van der Waals surface area contributed by atoms with E-state index in [1.54, 1.807) is 6.08 Å². The van der Waals surface area contributed by atoms with Gasteiger partial charge in [0.2, 0.25) is 0 Å². The third-order valence-electron chi connectivity index (χ3n) is 1.97. The molecule has 0 N–H and O–H groups in total. The number of carbonyl (C=O) groups is 1. The topological polar surface area (TPSA) is 26.3 Å². The third kappa shape index (κ3) is 2.22. The Hall–Kier alpha value is -1.05. The molecule has 12 heavy (non-hydrogen) atoms. The predicted octanol–water partition coefficient (Wildman–Crippen LogP) is 2.21. The minimum atomic E-state index is -0.238. The lowest BCUT2D eigenvalue weighted by Gasteiger charge is -2.13. The van der Waals surface area contributed by atoms with Crippen LogP contribution in [0.4, 0.5) is 0 Å². The number of carbonyl (C=O) groups excluding carboxylic acids is 1. The summed E-state index contributed by atoms with van der Waals surface area (Å²) in [6, 6.07) is 0. The molecule has 0 amide bonds. The molecule has 1 heterocycles. The van der Waals surface area contributed by atoms with Gasteiger partial charge < -0.3 is 4.74 Å². The summed E-state index contributed by atoms with van der Waals surface area (Å²) >= 11 is 0. The highest BCUT2D eigenvalue weighted by Gasteiger charge is 2.17. The van der Waals surface area contributed by atoms with E-state index >= 15 is 0 Å². The fourth-order valence-electron chi connectivity index (χ4n) is 1.21. The van der Waals surface area contributed by atoms with Gasteiger partial charge >= 0.3 is 5.97 Å². The number of esters is 1. The summed E-state index contributed by atoms with van der Waals surface area (Å²) in [6.45, 7) is 7.61. The van der Waals surface area contributed by atoms with E-state index < -0.39 is 0 Å². The van der Waals surface area contributed by atoms with Crippen molar-refractivity contribution in [3.8, 4) is 0 Å². The SMILES string of the molecule is C=C(C)[C@@H]1CCC(C)=CC(=O)O1. The summed E-state index contributed by atoms with van der Waals surface area (Å²) in [6.07, 6.45) is 3.25. The molecule has 1 aliphatic heterocycles. The first kappa shape index (κ1) is 9.04. The molecule has 2 nitrogen and oxygen atoms in total. The molecule has 0 unspecified atom stereocenters. The maximum atomic E-state index is 11.1. The Kier molecular flexibility index (Phi) is 2.69. The molecule has 1 atom stereocenters. The van der Waals surface area contributed by atoms with Crippen molar-refractivity contribution in [1.82, 2.24) is 0 Å². The Morgan fingerprint density at radius 3 is 3.00 bits per heavy atom. The summed E-state index contributed by atoms with van der Waals surface area (Å²) in [7, 11) is 0. The average molecular weight is 166 g/mol. The lowest BCUT2D eigenvalue weighted by atomic mass is 10.1. The second-order valence-corrected chi connectivity index (χ2v) is 3.30. The van der Waals surface area contributed by atoms with Gasteiger partial charge in [0.25, 0.3) is 0 Å². The highest BCUT2D eigenvalue weighted by molar-refractivity contribution is 5.83. The van der Waals surface area contributed by atoms with Crippen LogP contribution in [-0.2, 0) is 9.53 Å². The first-order valence-electron chi connectivity index (χ1n) is 4.13. The molecule has 0 aliphatic carbocycles. The van der Waals surface area contributed by atoms with E-state index in [4.69, 9.17) is 4.74 Å². The maximum absolute atomic E-state index is 11.1. The van der Waals surface area contributed by atoms with E-state index in [1.165, 1.54) is 0 Å². The Bertz CT molecular complexity index is 238. The maximum Gasteiger partial charge on any atom is 0.331 e. The van der Waals surface area contributed by atoms with Crippen molar-refractivity contribution in [3.63, 3.8) is 0 Å². The summed E-state index contributed by atoms with van der Waals surface area (Å²) in [4.78, 5) is 11.1. The molecule has 0 saturated heterocycles. The van der Waals surface area contributed by atoms with Crippen LogP contribution in [0.2, 0.25) is 0 Å². The second-order valence-electron chi connectivity index (χ2n) is 3.30. The predicted molar refractivity (Wildman–Crippen MR) is 47.7 cm³/mol. The molecule has 0 fully saturated rings. The van der Waals surface area contributed by atoms with Crippen LogP contribution in [0.5, 0.6) is 0 Å². The van der Waals surface area contributed by atoms with Crippen LogP contribution in [-0.4, -0.2) is 12.1 Å². The first-order valence-corrected chi connectivity index (χ1v) is 4.13. The summed E-state index contributed by atoms with van der Waals surface area (Å²) in [5.74, 6) is -0.238. The van der Waals surface area contributed by atoms with Crippen molar-refractivity contribution in [2.24, 2.45) is 0 Å².